The van der Waals surface area contributed by atoms with Crippen molar-refractivity contribution in [1.82, 2.24) is 10.2 Å². The number of halogens is 1. The summed E-state index contributed by atoms with van der Waals surface area (Å²) in [6.07, 6.45) is 2.16. The third kappa shape index (κ3) is 3.28. The van der Waals surface area contributed by atoms with E-state index in [0.29, 0.717) is 5.91 Å². The Morgan fingerprint density at radius 1 is 1.50 bits per heavy atom. The highest BCUT2D eigenvalue weighted by molar-refractivity contribution is 8.00. The molecule has 0 aromatic heterocycles. The summed E-state index contributed by atoms with van der Waals surface area (Å²) in [5.74, 6) is 1.40. The van der Waals surface area contributed by atoms with Crippen LogP contribution in [-0.2, 0) is 4.79 Å². The van der Waals surface area contributed by atoms with Crippen molar-refractivity contribution >= 4 is 30.1 Å². The molecule has 2 fully saturated rings. The molecule has 2 aliphatic heterocycles. The SMILES string of the molecule is CC1(C)CN(C(=O)C2CCCN2)CCS1.Cl. The predicted molar refractivity (Wildman–Crippen MR) is 71.4 cm³/mol. The van der Waals surface area contributed by atoms with Gasteiger partial charge in [0.25, 0.3) is 0 Å². The second-order valence-corrected chi connectivity index (χ2v) is 6.82. The molecule has 2 heterocycles. The molecule has 1 atom stereocenters. The predicted octanol–water partition coefficient (Wildman–Crippen LogP) is 1.51. The maximum Gasteiger partial charge on any atom is 0.239 e. The average Bonchev–Trinajstić information content (AvgIpc) is 2.67. The zero-order chi connectivity index (χ0) is 10.9. The molecule has 94 valence electrons. The summed E-state index contributed by atoms with van der Waals surface area (Å²) < 4.78 is 0.229. The van der Waals surface area contributed by atoms with Gasteiger partial charge in [-0.2, -0.15) is 11.8 Å². The van der Waals surface area contributed by atoms with E-state index in [1.807, 2.05) is 16.7 Å². The normalized spacial score (nSPS) is 28.6. The van der Waals surface area contributed by atoms with Crippen molar-refractivity contribution in [3.63, 3.8) is 0 Å². The van der Waals surface area contributed by atoms with Gasteiger partial charge in [0.2, 0.25) is 5.91 Å². The summed E-state index contributed by atoms with van der Waals surface area (Å²) in [4.78, 5) is 14.2. The molecule has 16 heavy (non-hydrogen) atoms. The molecule has 0 aromatic rings. The first kappa shape index (κ1) is 14.1. The molecule has 0 saturated carbocycles. The van der Waals surface area contributed by atoms with Crippen LogP contribution in [0.3, 0.4) is 0 Å². The topological polar surface area (TPSA) is 32.3 Å². The Bertz CT molecular complexity index is 254. The summed E-state index contributed by atoms with van der Waals surface area (Å²) in [5, 5.41) is 3.28. The van der Waals surface area contributed by atoms with Crippen molar-refractivity contribution in [2.24, 2.45) is 0 Å². The Hall–Kier alpha value is 0.0700. The van der Waals surface area contributed by atoms with Gasteiger partial charge in [0, 0.05) is 23.6 Å². The molecule has 1 N–H and O–H groups in total. The lowest BCUT2D eigenvalue weighted by Crippen LogP contribution is -2.51. The van der Waals surface area contributed by atoms with Gasteiger partial charge in [-0.3, -0.25) is 4.79 Å². The van der Waals surface area contributed by atoms with Crippen LogP contribution in [0.4, 0.5) is 0 Å². The number of nitrogens with one attached hydrogen (secondary N) is 1. The van der Waals surface area contributed by atoms with E-state index < -0.39 is 0 Å². The summed E-state index contributed by atoms with van der Waals surface area (Å²) in [7, 11) is 0. The maximum absolute atomic E-state index is 12.1. The first-order chi connectivity index (χ1) is 7.08. The zero-order valence-electron chi connectivity index (χ0n) is 9.99. The van der Waals surface area contributed by atoms with Gasteiger partial charge in [0.1, 0.15) is 0 Å². The fraction of sp³-hybridized carbons (Fsp3) is 0.909. The summed E-state index contributed by atoms with van der Waals surface area (Å²) in [5.41, 5.74) is 0. The molecule has 0 spiro atoms. The van der Waals surface area contributed by atoms with Crippen LogP contribution in [0.5, 0.6) is 0 Å². The van der Waals surface area contributed by atoms with Crippen molar-refractivity contribution in [3.8, 4) is 0 Å². The Balaban J connectivity index is 0.00000128. The molecule has 5 heteroatoms. The van der Waals surface area contributed by atoms with E-state index in [4.69, 9.17) is 0 Å². The van der Waals surface area contributed by atoms with Crippen LogP contribution >= 0.6 is 24.2 Å². The lowest BCUT2D eigenvalue weighted by atomic mass is 10.1. The minimum Gasteiger partial charge on any atom is -0.339 e. The molecule has 3 nitrogen and oxygen atoms in total. The van der Waals surface area contributed by atoms with Gasteiger partial charge >= 0.3 is 0 Å². The van der Waals surface area contributed by atoms with E-state index in [-0.39, 0.29) is 23.2 Å². The van der Waals surface area contributed by atoms with Gasteiger partial charge in [-0.1, -0.05) is 0 Å². The number of carbonyl (C=O) groups excluding carboxylic acids is 1. The third-order valence-electron chi connectivity index (χ3n) is 3.10. The number of nitrogens with zero attached hydrogens (tertiary/aromatic N) is 1. The van der Waals surface area contributed by atoms with Gasteiger partial charge < -0.3 is 10.2 Å². The number of carbonyl (C=O) groups is 1. The molecule has 2 aliphatic rings. The minimum atomic E-state index is 0. The second-order valence-electron chi connectivity index (χ2n) is 5.02. The summed E-state index contributed by atoms with van der Waals surface area (Å²) in [6, 6.07) is 0.101. The number of amides is 1. The van der Waals surface area contributed by atoms with Gasteiger partial charge in [0.05, 0.1) is 6.04 Å². The molecule has 2 rings (SSSR count). The fourth-order valence-corrected chi connectivity index (χ4v) is 3.43. The van der Waals surface area contributed by atoms with Crippen molar-refractivity contribution in [1.29, 1.82) is 0 Å². The Kier molecular flexibility index (Phi) is 4.95. The van der Waals surface area contributed by atoms with Crippen LogP contribution in [0.15, 0.2) is 0 Å². The fourth-order valence-electron chi connectivity index (χ4n) is 2.32. The average molecular weight is 265 g/mol. The molecule has 1 amide bonds. The van der Waals surface area contributed by atoms with Crippen LogP contribution in [0.1, 0.15) is 26.7 Å². The van der Waals surface area contributed by atoms with Crippen LogP contribution in [-0.4, -0.2) is 47.0 Å². The third-order valence-corrected chi connectivity index (χ3v) is 4.39. The minimum absolute atomic E-state index is 0. The monoisotopic (exact) mass is 264 g/mol. The molecule has 0 radical (unpaired) electrons. The van der Waals surface area contributed by atoms with Crippen LogP contribution in [0.2, 0.25) is 0 Å². The van der Waals surface area contributed by atoms with E-state index >= 15 is 0 Å². The Morgan fingerprint density at radius 3 is 2.81 bits per heavy atom. The highest BCUT2D eigenvalue weighted by atomic mass is 35.5. The van der Waals surface area contributed by atoms with E-state index in [0.717, 1.165) is 38.2 Å². The van der Waals surface area contributed by atoms with Gasteiger partial charge in [-0.15, -0.1) is 12.4 Å². The first-order valence-electron chi connectivity index (χ1n) is 5.75. The highest BCUT2D eigenvalue weighted by Crippen LogP contribution is 2.30. The summed E-state index contributed by atoms with van der Waals surface area (Å²) in [6.45, 7) is 7.26. The first-order valence-corrected chi connectivity index (χ1v) is 6.73. The zero-order valence-corrected chi connectivity index (χ0v) is 11.6. The summed E-state index contributed by atoms with van der Waals surface area (Å²) >= 11 is 1.97. The van der Waals surface area contributed by atoms with Gasteiger partial charge in [0.15, 0.2) is 0 Å². The van der Waals surface area contributed by atoms with Crippen molar-refractivity contribution in [3.05, 3.63) is 0 Å². The van der Waals surface area contributed by atoms with Crippen LogP contribution in [0.25, 0.3) is 0 Å². The van der Waals surface area contributed by atoms with Crippen LogP contribution in [0, 0.1) is 0 Å². The molecule has 2 saturated heterocycles. The quantitative estimate of drug-likeness (QED) is 0.779. The van der Waals surface area contributed by atoms with Gasteiger partial charge in [-0.05, 0) is 33.2 Å². The maximum atomic E-state index is 12.1. The number of hydrogen-bond acceptors (Lipinski definition) is 3. The standard InChI is InChI=1S/C11H20N2OS.ClH/c1-11(2)8-13(6-7-15-11)10(14)9-4-3-5-12-9;/h9,12H,3-8H2,1-2H3;1H. The molecule has 1 unspecified atom stereocenters. The van der Waals surface area contributed by atoms with E-state index in [1.54, 1.807) is 0 Å². The van der Waals surface area contributed by atoms with E-state index in [1.165, 1.54) is 0 Å². The molecular weight excluding hydrogens is 244 g/mol. The van der Waals surface area contributed by atoms with E-state index in [2.05, 4.69) is 19.2 Å². The lowest BCUT2D eigenvalue weighted by Gasteiger charge is -2.38. The molecule has 0 aliphatic carbocycles. The van der Waals surface area contributed by atoms with Crippen molar-refractivity contribution < 1.29 is 4.79 Å². The smallest absolute Gasteiger partial charge is 0.239 e. The molecular formula is C11H21ClN2OS. The van der Waals surface area contributed by atoms with Crippen LogP contribution < -0.4 is 5.32 Å². The number of hydrogen-bond donors (Lipinski definition) is 1. The second kappa shape index (κ2) is 5.61. The molecule has 0 bridgehead atoms. The lowest BCUT2D eigenvalue weighted by molar-refractivity contribution is -0.133. The number of thioether (sulfide) groups is 1. The number of rotatable bonds is 1. The highest BCUT2D eigenvalue weighted by Gasteiger charge is 2.33. The van der Waals surface area contributed by atoms with Crippen molar-refractivity contribution in [2.75, 3.05) is 25.4 Å². The Morgan fingerprint density at radius 2 is 2.25 bits per heavy atom. The molecule has 0 aromatic carbocycles. The van der Waals surface area contributed by atoms with E-state index in [9.17, 15) is 4.79 Å². The van der Waals surface area contributed by atoms with Crippen molar-refractivity contribution in [2.45, 2.75) is 37.5 Å². The Labute approximate surface area is 108 Å². The largest absolute Gasteiger partial charge is 0.339 e. The van der Waals surface area contributed by atoms with Gasteiger partial charge in [-0.25, -0.2) is 0 Å².